The Morgan fingerprint density at radius 2 is 1.95 bits per heavy atom. The van der Waals surface area contributed by atoms with Gasteiger partial charge in [-0.1, -0.05) is 19.3 Å². The van der Waals surface area contributed by atoms with E-state index in [1.54, 1.807) is 0 Å². The molecule has 1 aliphatic carbocycles. The van der Waals surface area contributed by atoms with Gasteiger partial charge in [0, 0.05) is 12.6 Å². The summed E-state index contributed by atoms with van der Waals surface area (Å²) in [4.78, 5) is 16.3. The van der Waals surface area contributed by atoms with E-state index in [2.05, 4.69) is 0 Å². The van der Waals surface area contributed by atoms with Gasteiger partial charge >= 0.3 is 6.09 Å². The number of carbonyl (C=O) groups excluding carboxylic acids is 1. The molecule has 0 radical (unpaired) electrons. The smallest absolute Gasteiger partial charge is 0.404 e. The molecule has 0 aromatic heterocycles. The van der Waals surface area contributed by atoms with E-state index in [-0.39, 0.29) is 6.61 Å². The SMILES string of the molecule is CCOCCON(CCOC(N)=O)C1CCCCC1. The maximum Gasteiger partial charge on any atom is 0.404 e. The number of amides is 1. The van der Waals surface area contributed by atoms with Crippen LogP contribution in [0, 0.1) is 0 Å². The van der Waals surface area contributed by atoms with Crippen LogP contribution in [0.5, 0.6) is 0 Å². The van der Waals surface area contributed by atoms with Gasteiger partial charge in [0.15, 0.2) is 0 Å². The third-order valence-electron chi connectivity index (χ3n) is 3.23. The highest BCUT2D eigenvalue weighted by Crippen LogP contribution is 2.22. The lowest BCUT2D eigenvalue weighted by Crippen LogP contribution is -2.40. The van der Waals surface area contributed by atoms with Gasteiger partial charge in [-0.3, -0.25) is 4.84 Å². The number of hydrogen-bond donors (Lipinski definition) is 1. The van der Waals surface area contributed by atoms with Crippen molar-refractivity contribution >= 4 is 6.09 Å². The quantitative estimate of drug-likeness (QED) is 0.511. The standard InChI is InChI=1S/C13H26N2O4/c1-2-17-10-11-19-15(8-9-18-13(14)16)12-6-4-3-5-7-12/h12H,2-11H2,1H3,(H2,14,16). The van der Waals surface area contributed by atoms with E-state index >= 15 is 0 Å². The third kappa shape index (κ3) is 7.34. The summed E-state index contributed by atoms with van der Waals surface area (Å²) in [6.45, 7) is 4.58. The number of rotatable bonds is 9. The maximum absolute atomic E-state index is 10.6. The fraction of sp³-hybridized carbons (Fsp3) is 0.923. The van der Waals surface area contributed by atoms with Gasteiger partial charge < -0.3 is 15.2 Å². The van der Waals surface area contributed by atoms with E-state index in [0.717, 1.165) is 12.8 Å². The Hall–Kier alpha value is -0.850. The van der Waals surface area contributed by atoms with Gasteiger partial charge in [0.25, 0.3) is 0 Å². The van der Waals surface area contributed by atoms with Crippen molar-refractivity contribution in [1.82, 2.24) is 5.06 Å². The van der Waals surface area contributed by atoms with E-state index in [4.69, 9.17) is 20.0 Å². The minimum absolute atomic E-state index is 0.264. The summed E-state index contributed by atoms with van der Waals surface area (Å²) < 4.78 is 10.0. The molecule has 112 valence electrons. The first-order valence-corrected chi connectivity index (χ1v) is 7.13. The fourth-order valence-corrected chi connectivity index (χ4v) is 2.32. The highest BCUT2D eigenvalue weighted by molar-refractivity contribution is 5.64. The molecule has 0 bridgehead atoms. The van der Waals surface area contributed by atoms with Crippen molar-refractivity contribution in [1.29, 1.82) is 0 Å². The predicted octanol–water partition coefficient (Wildman–Crippen LogP) is 1.68. The molecule has 0 spiro atoms. The van der Waals surface area contributed by atoms with Gasteiger partial charge in [0.1, 0.15) is 6.61 Å². The highest BCUT2D eigenvalue weighted by atomic mass is 16.7. The van der Waals surface area contributed by atoms with Gasteiger partial charge in [-0.05, 0) is 19.8 Å². The first-order chi connectivity index (χ1) is 9.24. The van der Waals surface area contributed by atoms with Crippen molar-refractivity contribution in [2.75, 3.05) is 33.0 Å². The summed E-state index contributed by atoms with van der Waals surface area (Å²) >= 11 is 0. The first-order valence-electron chi connectivity index (χ1n) is 7.13. The average Bonchev–Trinajstić information content (AvgIpc) is 2.42. The second-order valence-corrected chi connectivity index (χ2v) is 4.63. The summed E-state index contributed by atoms with van der Waals surface area (Å²) in [6.07, 6.45) is 5.27. The molecular weight excluding hydrogens is 248 g/mol. The second kappa shape index (κ2) is 10.00. The number of carbonyl (C=O) groups is 1. The predicted molar refractivity (Wildman–Crippen MR) is 71.6 cm³/mol. The number of hydrogen-bond acceptors (Lipinski definition) is 5. The molecule has 19 heavy (non-hydrogen) atoms. The van der Waals surface area contributed by atoms with Crippen LogP contribution in [0.4, 0.5) is 4.79 Å². The Balaban J connectivity index is 2.30. The number of hydroxylamine groups is 2. The Morgan fingerprint density at radius 1 is 1.21 bits per heavy atom. The molecule has 0 unspecified atom stereocenters. The minimum atomic E-state index is -0.738. The molecule has 6 heteroatoms. The second-order valence-electron chi connectivity index (χ2n) is 4.63. The molecule has 1 rings (SSSR count). The highest BCUT2D eigenvalue weighted by Gasteiger charge is 2.22. The van der Waals surface area contributed by atoms with Gasteiger partial charge in [0.2, 0.25) is 0 Å². The Bertz CT molecular complexity index is 245. The number of ether oxygens (including phenoxy) is 2. The van der Waals surface area contributed by atoms with Crippen LogP contribution in [0.2, 0.25) is 0 Å². The molecule has 0 aliphatic heterocycles. The van der Waals surface area contributed by atoms with E-state index in [9.17, 15) is 4.79 Å². The number of nitrogens with zero attached hydrogens (tertiary/aromatic N) is 1. The van der Waals surface area contributed by atoms with Crippen LogP contribution in [0.1, 0.15) is 39.0 Å². The lowest BCUT2D eigenvalue weighted by Gasteiger charge is -2.33. The molecule has 2 N–H and O–H groups in total. The van der Waals surface area contributed by atoms with Crippen LogP contribution >= 0.6 is 0 Å². The lowest BCUT2D eigenvalue weighted by atomic mass is 9.95. The summed E-state index contributed by atoms with van der Waals surface area (Å²) in [7, 11) is 0. The molecule has 1 aliphatic rings. The zero-order valence-corrected chi connectivity index (χ0v) is 11.8. The molecule has 0 atom stereocenters. The number of nitrogens with two attached hydrogens (primary N) is 1. The zero-order valence-electron chi connectivity index (χ0n) is 11.8. The number of primary amides is 1. The summed E-state index contributed by atoms with van der Waals surface area (Å²) in [5.41, 5.74) is 4.96. The van der Waals surface area contributed by atoms with Crippen molar-refractivity contribution in [2.45, 2.75) is 45.1 Å². The van der Waals surface area contributed by atoms with Crippen LogP contribution in [-0.2, 0) is 14.3 Å². The van der Waals surface area contributed by atoms with Gasteiger partial charge in [-0.25, -0.2) is 4.79 Å². The van der Waals surface area contributed by atoms with Crippen molar-refractivity contribution in [2.24, 2.45) is 5.73 Å². The molecular formula is C13H26N2O4. The molecule has 1 fully saturated rings. The molecule has 1 amide bonds. The fourth-order valence-electron chi connectivity index (χ4n) is 2.32. The molecule has 6 nitrogen and oxygen atoms in total. The minimum Gasteiger partial charge on any atom is -0.448 e. The van der Waals surface area contributed by atoms with Gasteiger partial charge in [0.05, 0.1) is 19.8 Å². The van der Waals surface area contributed by atoms with E-state index in [1.165, 1.54) is 19.3 Å². The molecule has 0 heterocycles. The summed E-state index contributed by atoms with van der Waals surface area (Å²) in [5, 5.41) is 1.93. The average molecular weight is 274 g/mol. The van der Waals surface area contributed by atoms with Crippen LogP contribution in [-0.4, -0.2) is 50.2 Å². The van der Waals surface area contributed by atoms with Crippen LogP contribution in [0.25, 0.3) is 0 Å². The van der Waals surface area contributed by atoms with Crippen molar-refractivity contribution in [3.8, 4) is 0 Å². The third-order valence-corrected chi connectivity index (χ3v) is 3.23. The van der Waals surface area contributed by atoms with Crippen molar-refractivity contribution in [3.63, 3.8) is 0 Å². The Morgan fingerprint density at radius 3 is 2.58 bits per heavy atom. The van der Waals surface area contributed by atoms with Crippen molar-refractivity contribution < 1.29 is 19.1 Å². The van der Waals surface area contributed by atoms with Crippen LogP contribution in [0.15, 0.2) is 0 Å². The van der Waals surface area contributed by atoms with Crippen LogP contribution in [0.3, 0.4) is 0 Å². The lowest BCUT2D eigenvalue weighted by molar-refractivity contribution is -0.203. The van der Waals surface area contributed by atoms with E-state index in [0.29, 0.717) is 32.4 Å². The van der Waals surface area contributed by atoms with Gasteiger partial charge in [-0.2, -0.15) is 5.06 Å². The van der Waals surface area contributed by atoms with Crippen molar-refractivity contribution in [3.05, 3.63) is 0 Å². The van der Waals surface area contributed by atoms with Crippen LogP contribution < -0.4 is 5.73 Å². The Labute approximate surface area is 115 Å². The summed E-state index contributed by atoms with van der Waals surface area (Å²) in [6, 6.07) is 0.409. The van der Waals surface area contributed by atoms with E-state index in [1.807, 2.05) is 12.0 Å². The zero-order chi connectivity index (χ0) is 13.9. The molecule has 0 saturated heterocycles. The van der Waals surface area contributed by atoms with Gasteiger partial charge in [-0.15, -0.1) is 0 Å². The molecule has 0 aromatic rings. The largest absolute Gasteiger partial charge is 0.448 e. The molecule has 0 aromatic carbocycles. The molecule has 1 saturated carbocycles. The topological polar surface area (TPSA) is 74.0 Å². The summed E-state index contributed by atoms with van der Waals surface area (Å²) in [5.74, 6) is 0. The maximum atomic E-state index is 10.6. The first kappa shape index (κ1) is 16.2. The van der Waals surface area contributed by atoms with E-state index < -0.39 is 6.09 Å². The Kier molecular flexibility index (Phi) is 8.53. The normalized spacial score (nSPS) is 16.7. The monoisotopic (exact) mass is 274 g/mol.